The lowest BCUT2D eigenvalue weighted by Crippen LogP contribution is -2.29. The van der Waals surface area contributed by atoms with Crippen LogP contribution in [0.4, 0.5) is 0 Å². The number of fused-ring (bicyclic) bond motifs is 1. The van der Waals surface area contributed by atoms with Gasteiger partial charge in [0.15, 0.2) is 0 Å². The first-order valence-electron chi connectivity index (χ1n) is 7.48. The lowest BCUT2D eigenvalue weighted by molar-refractivity contribution is 0.292. The van der Waals surface area contributed by atoms with E-state index < -0.39 is 7.12 Å². The number of nitrogens with one attached hydrogen (secondary N) is 1. The van der Waals surface area contributed by atoms with E-state index >= 15 is 0 Å². The van der Waals surface area contributed by atoms with Crippen molar-refractivity contribution in [2.24, 2.45) is 0 Å². The summed E-state index contributed by atoms with van der Waals surface area (Å²) in [6.07, 6.45) is 3.54. The van der Waals surface area contributed by atoms with Gasteiger partial charge in [0.2, 0.25) is 0 Å². The van der Waals surface area contributed by atoms with Gasteiger partial charge in [-0.2, -0.15) is 0 Å². The summed E-state index contributed by atoms with van der Waals surface area (Å²) in [6.45, 7) is 1.84. The molecule has 1 heterocycles. The van der Waals surface area contributed by atoms with Crippen molar-refractivity contribution < 1.29 is 14.8 Å². The highest BCUT2D eigenvalue weighted by Gasteiger charge is 2.14. The summed E-state index contributed by atoms with van der Waals surface area (Å²) in [5.74, 6) is 0.859. The van der Waals surface area contributed by atoms with Crippen LogP contribution in [0.1, 0.15) is 19.3 Å². The van der Waals surface area contributed by atoms with E-state index in [4.69, 9.17) is 4.74 Å². The van der Waals surface area contributed by atoms with E-state index in [1.165, 1.54) is 12.8 Å². The molecule has 3 rings (SSSR count). The predicted molar refractivity (Wildman–Crippen MR) is 84.9 cm³/mol. The molecule has 0 aliphatic carbocycles. The molecule has 1 saturated heterocycles. The van der Waals surface area contributed by atoms with Crippen LogP contribution in [0, 0.1) is 0 Å². The second-order valence-electron chi connectivity index (χ2n) is 5.57. The van der Waals surface area contributed by atoms with Crippen molar-refractivity contribution in [1.82, 2.24) is 5.32 Å². The van der Waals surface area contributed by atoms with Gasteiger partial charge in [-0.15, -0.1) is 0 Å². The second kappa shape index (κ2) is 6.47. The molecule has 21 heavy (non-hydrogen) atoms. The fourth-order valence-electron chi connectivity index (χ4n) is 2.81. The normalized spacial score (nSPS) is 18.1. The Labute approximate surface area is 124 Å². The fourth-order valence-corrected chi connectivity index (χ4v) is 2.81. The molecule has 110 valence electrons. The van der Waals surface area contributed by atoms with Crippen molar-refractivity contribution in [3.05, 3.63) is 36.4 Å². The zero-order valence-electron chi connectivity index (χ0n) is 12.0. The largest absolute Gasteiger partial charge is 0.494 e. The minimum atomic E-state index is -1.43. The molecule has 3 N–H and O–H groups in total. The van der Waals surface area contributed by atoms with Gasteiger partial charge in [0.05, 0.1) is 6.61 Å². The Balaban J connectivity index is 1.64. The average molecular weight is 285 g/mol. The summed E-state index contributed by atoms with van der Waals surface area (Å²) in [6, 6.07) is 11.9. The smallest absolute Gasteiger partial charge is 0.488 e. The van der Waals surface area contributed by atoms with Crippen molar-refractivity contribution in [2.75, 3.05) is 13.2 Å². The molecule has 4 nitrogen and oxygen atoms in total. The van der Waals surface area contributed by atoms with Gasteiger partial charge in [-0.3, -0.25) is 0 Å². The van der Waals surface area contributed by atoms with Gasteiger partial charge in [-0.1, -0.05) is 24.3 Å². The molecule has 1 fully saturated rings. The summed E-state index contributed by atoms with van der Waals surface area (Å²) in [5, 5.41) is 23.8. The highest BCUT2D eigenvalue weighted by molar-refractivity contribution is 6.58. The summed E-state index contributed by atoms with van der Waals surface area (Å²) in [5.41, 5.74) is 0.503. The Morgan fingerprint density at radius 3 is 2.71 bits per heavy atom. The van der Waals surface area contributed by atoms with Gasteiger partial charge in [0.1, 0.15) is 5.75 Å². The maximum absolute atomic E-state index is 9.18. The molecule has 5 heteroatoms. The zero-order valence-corrected chi connectivity index (χ0v) is 12.0. The molecule has 0 spiro atoms. The lowest BCUT2D eigenvalue weighted by Gasteiger charge is -2.12. The van der Waals surface area contributed by atoms with Crippen LogP contribution in [0.5, 0.6) is 5.75 Å². The van der Waals surface area contributed by atoms with E-state index in [1.54, 1.807) is 12.1 Å². The summed E-state index contributed by atoms with van der Waals surface area (Å²) in [4.78, 5) is 0. The van der Waals surface area contributed by atoms with E-state index in [2.05, 4.69) is 5.32 Å². The quantitative estimate of drug-likeness (QED) is 0.718. The van der Waals surface area contributed by atoms with Gasteiger partial charge >= 0.3 is 7.12 Å². The molecule has 0 aromatic heterocycles. The van der Waals surface area contributed by atoms with Gasteiger partial charge in [0.25, 0.3) is 0 Å². The Bertz CT molecular complexity index is 611. The van der Waals surface area contributed by atoms with E-state index in [0.29, 0.717) is 11.5 Å². The average Bonchev–Trinajstić information content (AvgIpc) is 3.00. The van der Waals surface area contributed by atoms with Crippen molar-refractivity contribution in [3.8, 4) is 5.75 Å². The third-order valence-corrected chi connectivity index (χ3v) is 4.03. The zero-order chi connectivity index (χ0) is 14.7. The van der Waals surface area contributed by atoms with Crippen molar-refractivity contribution in [1.29, 1.82) is 0 Å². The Morgan fingerprint density at radius 1 is 1.14 bits per heavy atom. The van der Waals surface area contributed by atoms with Gasteiger partial charge in [-0.05, 0) is 54.2 Å². The van der Waals surface area contributed by atoms with Crippen LogP contribution in [-0.2, 0) is 0 Å². The first-order chi connectivity index (χ1) is 10.2. The van der Waals surface area contributed by atoms with E-state index in [1.807, 2.05) is 24.3 Å². The Kier molecular flexibility index (Phi) is 4.43. The highest BCUT2D eigenvalue weighted by Crippen LogP contribution is 2.20. The van der Waals surface area contributed by atoms with Crippen LogP contribution in [-0.4, -0.2) is 36.4 Å². The first kappa shape index (κ1) is 14.4. The molecule has 0 saturated carbocycles. The predicted octanol–water partition coefficient (Wildman–Crippen LogP) is 1.04. The third-order valence-electron chi connectivity index (χ3n) is 4.03. The van der Waals surface area contributed by atoms with Crippen LogP contribution < -0.4 is 15.5 Å². The SMILES string of the molecule is OB(O)c1ccc2cc(OCCC3CCCN3)ccc2c1. The van der Waals surface area contributed by atoms with Crippen LogP contribution >= 0.6 is 0 Å². The molecular weight excluding hydrogens is 265 g/mol. The first-order valence-corrected chi connectivity index (χ1v) is 7.48. The summed E-state index contributed by atoms with van der Waals surface area (Å²) in [7, 11) is -1.43. The van der Waals surface area contributed by atoms with E-state index in [9.17, 15) is 10.0 Å². The maximum Gasteiger partial charge on any atom is 0.488 e. The van der Waals surface area contributed by atoms with Gasteiger partial charge < -0.3 is 20.1 Å². The molecule has 1 atom stereocenters. The molecule has 0 amide bonds. The summed E-state index contributed by atoms with van der Waals surface area (Å²) >= 11 is 0. The molecule has 1 aliphatic heterocycles. The van der Waals surface area contributed by atoms with Crippen molar-refractivity contribution >= 4 is 23.4 Å². The van der Waals surface area contributed by atoms with Crippen LogP contribution in [0.3, 0.4) is 0 Å². The Hall–Kier alpha value is -1.56. The maximum atomic E-state index is 9.18. The van der Waals surface area contributed by atoms with E-state index in [0.717, 1.165) is 36.1 Å². The highest BCUT2D eigenvalue weighted by atomic mass is 16.5. The molecule has 0 bridgehead atoms. The second-order valence-corrected chi connectivity index (χ2v) is 5.57. The van der Waals surface area contributed by atoms with Crippen molar-refractivity contribution in [3.63, 3.8) is 0 Å². The lowest BCUT2D eigenvalue weighted by atomic mass is 9.79. The minimum Gasteiger partial charge on any atom is -0.494 e. The summed E-state index contributed by atoms with van der Waals surface area (Å²) < 4.78 is 5.81. The molecule has 2 aromatic carbocycles. The topological polar surface area (TPSA) is 61.7 Å². The van der Waals surface area contributed by atoms with Crippen LogP contribution in [0.15, 0.2) is 36.4 Å². The number of rotatable bonds is 5. The van der Waals surface area contributed by atoms with Crippen LogP contribution in [0.25, 0.3) is 10.8 Å². The molecule has 0 radical (unpaired) electrons. The molecule has 2 aromatic rings. The van der Waals surface area contributed by atoms with Gasteiger partial charge in [0, 0.05) is 6.04 Å². The van der Waals surface area contributed by atoms with Crippen LogP contribution in [0.2, 0.25) is 0 Å². The third kappa shape index (κ3) is 3.56. The molecule has 1 aliphatic rings. The standard InChI is InChI=1S/C16H20BNO3/c19-17(20)14-5-3-13-11-16(6-4-12(13)10-14)21-9-7-15-2-1-8-18-15/h3-6,10-11,15,18-20H,1-2,7-9H2. The fraction of sp³-hybridized carbons (Fsp3) is 0.375. The monoisotopic (exact) mass is 285 g/mol. The number of hydrogen-bond donors (Lipinski definition) is 3. The Morgan fingerprint density at radius 2 is 1.95 bits per heavy atom. The number of benzene rings is 2. The number of hydrogen-bond acceptors (Lipinski definition) is 4. The molecular formula is C16H20BNO3. The van der Waals surface area contributed by atoms with E-state index in [-0.39, 0.29) is 0 Å². The van der Waals surface area contributed by atoms with Gasteiger partial charge in [-0.25, -0.2) is 0 Å². The van der Waals surface area contributed by atoms with Crippen molar-refractivity contribution in [2.45, 2.75) is 25.3 Å². The number of ether oxygens (including phenoxy) is 1. The minimum absolute atomic E-state index is 0.503. The molecule has 1 unspecified atom stereocenters.